The van der Waals surface area contributed by atoms with E-state index in [1.807, 2.05) is 20.1 Å². The Morgan fingerprint density at radius 2 is 1.88 bits per heavy atom. The highest BCUT2D eigenvalue weighted by molar-refractivity contribution is 5.60. The number of fused-ring (bicyclic) bond motifs is 2. The van der Waals surface area contributed by atoms with Crippen LogP contribution >= 0.6 is 0 Å². The third-order valence-electron chi connectivity index (χ3n) is 7.53. The van der Waals surface area contributed by atoms with Crippen LogP contribution in [0.2, 0.25) is 0 Å². The molecule has 0 radical (unpaired) electrons. The molecule has 2 N–H and O–H groups in total. The number of benzene rings is 1. The molecule has 4 aliphatic rings. The van der Waals surface area contributed by atoms with Gasteiger partial charge in [0.15, 0.2) is 0 Å². The molecule has 2 aliphatic heterocycles. The molecule has 2 aliphatic carbocycles. The molecule has 5 rings (SSSR count). The largest absolute Gasteiger partial charge is 0.384 e. The number of hydrogen-bond donors (Lipinski definition) is 2. The summed E-state index contributed by atoms with van der Waals surface area (Å²) in [4.78, 5) is 10.2. The Morgan fingerprint density at radius 1 is 1.18 bits per heavy atom. The van der Waals surface area contributed by atoms with Gasteiger partial charge in [-0.3, -0.25) is 10.1 Å². The Labute approximate surface area is 204 Å². The first-order valence-corrected chi connectivity index (χ1v) is 12.7. The first-order chi connectivity index (χ1) is 16.5. The van der Waals surface area contributed by atoms with E-state index in [1.165, 1.54) is 50.6 Å². The van der Waals surface area contributed by atoms with Crippen LogP contribution in [0, 0.1) is 16.0 Å². The fraction of sp³-hybridized carbons (Fsp3) is 0.571. The molecule has 1 saturated carbocycles. The Kier molecular flexibility index (Phi) is 9.90. The normalized spacial score (nSPS) is 23.1. The Bertz CT molecular complexity index is 875. The summed E-state index contributed by atoms with van der Waals surface area (Å²) >= 11 is 0. The van der Waals surface area contributed by atoms with Crippen LogP contribution in [-0.4, -0.2) is 37.8 Å². The van der Waals surface area contributed by atoms with E-state index in [0.717, 1.165) is 31.6 Å². The summed E-state index contributed by atoms with van der Waals surface area (Å²) in [5, 5.41) is 17.5. The van der Waals surface area contributed by atoms with Gasteiger partial charge in [-0.15, -0.1) is 0 Å². The van der Waals surface area contributed by atoms with Crippen molar-refractivity contribution in [2.45, 2.75) is 69.8 Å². The predicted octanol–water partition coefficient (Wildman–Crippen LogP) is 6.00. The van der Waals surface area contributed by atoms with Crippen molar-refractivity contribution in [1.29, 1.82) is 0 Å². The van der Waals surface area contributed by atoms with E-state index in [2.05, 4.69) is 41.5 Å². The summed E-state index contributed by atoms with van der Waals surface area (Å²) in [7, 11) is 1.82. The molecule has 2 fully saturated rings. The fourth-order valence-corrected chi connectivity index (χ4v) is 5.29. The molecule has 186 valence electrons. The zero-order valence-corrected chi connectivity index (χ0v) is 20.9. The number of nitrogens with zero attached hydrogens (tertiary/aromatic N) is 1. The van der Waals surface area contributed by atoms with E-state index >= 15 is 0 Å². The Morgan fingerprint density at radius 3 is 2.50 bits per heavy atom. The van der Waals surface area contributed by atoms with Crippen LogP contribution in [0.4, 0.5) is 5.69 Å². The molecule has 1 atom stereocenters. The topological polar surface area (TPSA) is 76.4 Å². The van der Waals surface area contributed by atoms with E-state index in [9.17, 15) is 10.1 Å². The first-order valence-electron chi connectivity index (χ1n) is 12.7. The van der Waals surface area contributed by atoms with Crippen LogP contribution < -0.4 is 10.6 Å². The van der Waals surface area contributed by atoms with Gasteiger partial charge >= 0.3 is 0 Å². The molecular weight excluding hydrogens is 426 g/mol. The second-order valence-corrected chi connectivity index (χ2v) is 9.80. The van der Waals surface area contributed by atoms with Gasteiger partial charge in [-0.25, -0.2) is 0 Å². The van der Waals surface area contributed by atoms with Gasteiger partial charge in [0.2, 0.25) is 5.70 Å². The van der Waals surface area contributed by atoms with Crippen molar-refractivity contribution >= 4 is 5.69 Å². The van der Waals surface area contributed by atoms with Gasteiger partial charge in [0.05, 0.1) is 16.9 Å². The molecule has 2 heterocycles. The summed E-state index contributed by atoms with van der Waals surface area (Å²) in [6.07, 6.45) is 15.8. The predicted molar refractivity (Wildman–Crippen MR) is 140 cm³/mol. The minimum atomic E-state index is -0.318. The highest BCUT2D eigenvalue weighted by Gasteiger charge is 2.39. The van der Waals surface area contributed by atoms with Crippen LogP contribution in [0.3, 0.4) is 0 Å². The van der Waals surface area contributed by atoms with E-state index in [0.29, 0.717) is 11.5 Å². The molecule has 6 nitrogen and oxygen atoms in total. The maximum absolute atomic E-state index is 10.5. The molecule has 1 saturated heterocycles. The summed E-state index contributed by atoms with van der Waals surface area (Å²) in [6, 6.07) is 8.77. The summed E-state index contributed by atoms with van der Waals surface area (Å²) < 4.78 is 5.19. The van der Waals surface area contributed by atoms with Crippen molar-refractivity contribution in [3.63, 3.8) is 0 Å². The molecule has 1 unspecified atom stereocenters. The number of anilines is 1. The average molecular weight is 468 g/mol. The third-order valence-corrected chi connectivity index (χ3v) is 7.53. The highest BCUT2D eigenvalue weighted by atomic mass is 16.6. The monoisotopic (exact) mass is 467 g/mol. The third kappa shape index (κ3) is 6.80. The minimum Gasteiger partial charge on any atom is -0.384 e. The van der Waals surface area contributed by atoms with Gasteiger partial charge in [-0.1, -0.05) is 63.1 Å². The molecule has 0 bridgehead atoms. The lowest BCUT2D eigenvalue weighted by Gasteiger charge is -2.33. The molecule has 0 amide bonds. The van der Waals surface area contributed by atoms with Crippen molar-refractivity contribution < 1.29 is 9.66 Å². The van der Waals surface area contributed by atoms with Gasteiger partial charge in [-0.05, 0) is 62.4 Å². The lowest BCUT2D eigenvalue weighted by molar-refractivity contribution is -0.433. The number of nitro groups is 1. The summed E-state index contributed by atoms with van der Waals surface area (Å²) in [5.41, 5.74) is 4.46. The van der Waals surface area contributed by atoms with Crippen LogP contribution in [0.1, 0.15) is 63.9 Å². The average Bonchev–Trinajstić information content (AvgIpc) is 3.23. The van der Waals surface area contributed by atoms with E-state index in [1.54, 1.807) is 17.7 Å². The van der Waals surface area contributed by atoms with Crippen molar-refractivity contribution in [1.82, 2.24) is 5.32 Å². The van der Waals surface area contributed by atoms with Crippen LogP contribution in [0.5, 0.6) is 0 Å². The van der Waals surface area contributed by atoms with Gasteiger partial charge in [0.25, 0.3) is 0 Å². The second-order valence-electron chi connectivity index (χ2n) is 9.80. The van der Waals surface area contributed by atoms with Crippen molar-refractivity contribution in [3.8, 4) is 0 Å². The van der Waals surface area contributed by atoms with Gasteiger partial charge in [-0.2, -0.15) is 0 Å². The number of piperidine rings is 1. The van der Waals surface area contributed by atoms with Crippen LogP contribution in [-0.2, 0) is 10.2 Å². The Hall–Kier alpha value is -2.44. The number of para-hydroxylation sites is 1. The molecule has 0 aromatic heterocycles. The SMILES string of the molecule is C=CC1=CCC(C)C([N+](=O)[O-])=C1.COC1CCCCC1.c1ccc2c(c1)NCC21CCNCC1. The lowest BCUT2D eigenvalue weighted by atomic mass is 9.75. The second kappa shape index (κ2) is 12.9. The summed E-state index contributed by atoms with van der Waals surface area (Å²) in [5.74, 6) is 0.0173. The number of hydrogen-bond acceptors (Lipinski definition) is 5. The van der Waals surface area contributed by atoms with Gasteiger partial charge < -0.3 is 15.4 Å². The molecule has 6 heteroatoms. The quantitative estimate of drug-likeness (QED) is 0.421. The smallest absolute Gasteiger partial charge is 0.249 e. The van der Waals surface area contributed by atoms with Gasteiger partial charge in [0, 0.05) is 30.8 Å². The number of methoxy groups -OCH3 is 1. The number of nitrogens with one attached hydrogen (secondary N) is 2. The molecule has 1 aromatic rings. The zero-order valence-electron chi connectivity index (χ0n) is 20.9. The van der Waals surface area contributed by atoms with Crippen molar-refractivity contribution in [3.05, 3.63) is 76.0 Å². The maximum Gasteiger partial charge on any atom is 0.249 e. The lowest BCUT2D eigenvalue weighted by Crippen LogP contribution is -2.41. The molecule has 1 spiro atoms. The highest BCUT2D eigenvalue weighted by Crippen LogP contribution is 2.42. The maximum atomic E-state index is 10.5. The number of ether oxygens (including phenoxy) is 1. The van der Waals surface area contributed by atoms with E-state index < -0.39 is 0 Å². The standard InChI is InChI=1S/C12H16N2.C9H11NO2.C7H14O/c1-2-4-11-10(3-1)12(9-14-11)5-7-13-8-6-12;1-3-8-5-4-7(2)9(6-8)10(11)12;1-8-7-5-3-2-4-6-7/h1-4,13-14H,5-9H2;3,5-7H,1,4H2,2H3;7H,2-6H2,1H3. The van der Waals surface area contributed by atoms with Crippen molar-refractivity contribution in [2.24, 2.45) is 5.92 Å². The van der Waals surface area contributed by atoms with Gasteiger partial charge in [0.1, 0.15) is 0 Å². The first kappa shape index (κ1) is 26.2. The van der Waals surface area contributed by atoms with Crippen LogP contribution in [0.25, 0.3) is 0 Å². The number of rotatable bonds is 3. The fourth-order valence-electron chi connectivity index (χ4n) is 5.29. The molecular formula is C28H41N3O3. The zero-order chi connectivity index (χ0) is 24.4. The Balaban J connectivity index is 0.000000149. The van der Waals surface area contributed by atoms with E-state index in [4.69, 9.17) is 4.74 Å². The number of allylic oxidation sites excluding steroid dienone is 5. The molecule has 34 heavy (non-hydrogen) atoms. The van der Waals surface area contributed by atoms with Crippen LogP contribution in [0.15, 0.2) is 60.3 Å². The minimum absolute atomic E-state index is 0.0173. The molecule has 1 aromatic carbocycles. The van der Waals surface area contributed by atoms with Crippen molar-refractivity contribution in [2.75, 3.05) is 32.1 Å². The van der Waals surface area contributed by atoms with E-state index in [-0.39, 0.29) is 16.5 Å². The summed E-state index contributed by atoms with van der Waals surface area (Å²) in [6.45, 7) is 8.88.